The summed E-state index contributed by atoms with van der Waals surface area (Å²) in [5.41, 5.74) is 1.49. The topological polar surface area (TPSA) is 76.5 Å². The van der Waals surface area contributed by atoms with Crippen LogP contribution in [-0.4, -0.2) is 21.8 Å². The molecule has 2 heterocycles. The summed E-state index contributed by atoms with van der Waals surface area (Å²) in [4.78, 5) is 27.4. The van der Waals surface area contributed by atoms with E-state index in [0.29, 0.717) is 11.3 Å². The van der Waals surface area contributed by atoms with Crippen LogP contribution < -0.4 is 4.74 Å². The third kappa shape index (κ3) is 2.27. The molecule has 3 rings (SSSR count). The van der Waals surface area contributed by atoms with Crippen molar-refractivity contribution >= 4 is 11.8 Å². The molecule has 0 radical (unpaired) electrons. The zero-order valence-electron chi connectivity index (χ0n) is 11.4. The van der Waals surface area contributed by atoms with Gasteiger partial charge in [0.15, 0.2) is 5.78 Å². The molecule has 1 aromatic heterocycles. The van der Waals surface area contributed by atoms with Crippen molar-refractivity contribution in [3.05, 3.63) is 53.3 Å². The Hall–Kier alpha value is -2.69. The van der Waals surface area contributed by atoms with Gasteiger partial charge in [0.2, 0.25) is 0 Å². The first-order valence-electron chi connectivity index (χ1n) is 6.55. The predicted molar refractivity (Wildman–Crippen MR) is 74.4 cm³/mol. The molecule has 1 aromatic carbocycles. The van der Waals surface area contributed by atoms with E-state index in [1.165, 1.54) is 13.0 Å². The highest BCUT2D eigenvalue weighted by atomic mass is 16.5. The fourth-order valence-corrected chi connectivity index (χ4v) is 2.60. The van der Waals surface area contributed by atoms with Crippen LogP contribution in [0.3, 0.4) is 0 Å². The lowest BCUT2D eigenvalue weighted by Crippen LogP contribution is -2.21. The van der Waals surface area contributed by atoms with Crippen molar-refractivity contribution in [2.75, 3.05) is 0 Å². The third-order valence-electron chi connectivity index (χ3n) is 3.59. The molecule has 0 fully saturated rings. The number of esters is 1. The van der Waals surface area contributed by atoms with E-state index < -0.39 is 0 Å². The number of phenolic OH excluding ortho intramolecular Hbond substituents is 1. The summed E-state index contributed by atoms with van der Waals surface area (Å²) in [6.07, 6.45) is 3.39. The van der Waals surface area contributed by atoms with Crippen LogP contribution in [-0.2, 0) is 4.79 Å². The van der Waals surface area contributed by atoms with E-state index in [4.69, 9.17) is 4.74 Å². The van der Waals surface area contributed by atoms with Crippen LogP contribution in [0.25, 0.3) is 0 Å². The minimum absolute atomic E-state index is 0.105. The molecular formula is C16H13NO4. The molecule has 1 aliphatic heterocycles. The number of carbonyl (C=O) groups is 2. The molecule has 1 atom stereocenters. The summed E-state index contributed by atoms with van der Waals surface area (Å²) < 4.78 is 5.17. The van der Waals surface area contributed by atoms with E-state index in [1.54, 1.807) is 24.5 Å². The van der Waals surface area contributed by atoms with Gasteiger partial charge in [0.25, 0.3) is 0 Å². The second-order valence-corrected chi connectivity index (χ2v) is 4.95. The number of carbonyl (C=O) groups excluding carboxylic acids is 2. The van der Waals surface area contributed by atoms with Crippen LogP contribution >= 0.6 is 0 Å². The molecule has 5 nitrogen and oxygen atoms in total. The number of hydrogen-bond acceptors (Lipinski definition) is 5. The zero-order chi connectivity index (χ0) is 15.0. The number of benzene rings is 1. The number of phenols is 1. The molecule has 0 bridgehead atoms. The summed E-state index contributed by atoms with van der Waals surface area (Å²) in [5.74, 6) is -0.804. The lowest BCUT2D eigenvalue weighted by molar-refractivity contribution is -0.135. The molecule has 0 saturated carbocycles. The van der Waals surface area contributed by atoms with Gasteiger partial charge in [-0.1, -0.05) is 6.07 Å². The predicted octanol–water partition coefficient (Wildman–Crippen LogP) is 2.43. The first kappa shape index (κ1) is 13.3. The van der Waals surface area contributed by atoms with Gasteiger partial charge in [-0.25, -0.2) is 0 Å². The second kappa shape index (κ2) is 5.01. The van der Waals surface area contributed by atoms with Gasteiger partial charge in [-0.3, -0.25) is 14.6 Å². The van der Waals surface area contributed by atoms with Gasteiger partial charge in [0.05, 0.1) is 12.0 Å². The standard InChI is InChI=1S/C16H13NO4/c1-9(18)11-4-5-13-15(16(11)20)12(7-14(19)21-13)10-3-2-6-17-8-10/h2-6,8,12,20H,7H2,1H3/t12-/m1/s1. The number of Topliss-reactive ketones (excluding diaryl/α,β-unsaturated/α-hetero) is 1. The molecule has 0 saturated heterocycles. The van der Waals surface area contributed by atoms with Gasteiger partial charge in [-0.05, 0) is 30.7 Å². The second-order valence-electron chi connectivity index (χ2n) is 4.95. The van der Waals surface area contributed by atoms with E-state index in [-0.39, 0.29) is 35.4 Å². The van der Waals surface area contributed by atoms with E-state index >= 15 is 0 Å². The third-order valence-corrected chi connectivity index (χ3v) is 3.59. The molecule has 2 aromatic rings. The monoisotopic (exact) mass is 283 g/mol. The summed E-state index contributed by atoms with van der Waals surface area (Å²) >= 11 is 0. The number of rotatable bonds is 2. The van der Waals surface area contributed by atoms with Crippen LogP contribution in [0.2, 0.25) is 0 Å². The Morgan fingerprint density at radius 3 is 2.86 bits per heavy atom. The van der Waals surface area contributed by atoms with Crippen LogP contribution in [0.15, 0.2) is 36.7 Å². The first-order chi connectivity index (χ1) is 10.1. The molecule has 0 unspecified atom stereocenters. The number of pyridine rings is 1. The maximum atomic E-state index is 11.7. The van der Waals surface area contributed by atoms with Gasteiger partial charge in [0, 0.05) is 23.9 Å². The minimum atomic E-state index is -0.369. The lowest BCUT2D eigenvalue weighted by Gasteiger charge is -2.26. The van der Waals surface area contributed by atoms with Gasteiger partial charge < -0.3 is 9.84 Å². The maximum Gasteiger partial charge on any atom is 0.312 e. The van der Waals surface area contributed by atoms with Gasteiger partial charge in [0.1, 0.15) is 11.5 Å². The number of ketones is 1. The largest absolute Gasteiger partial charge is 0.507 e. The smallest absolute Gasteiger partial charge is 0.312 e. The summed E-state index contributed by atoms with van der Waals surface area (Å²) in [7, 11) is 0. The van der Waals surface area contributed by atoms with Crippen molar-refractivity contribution in [1.29, 1.82) is 0 Å². The Kier molecular flexibility index (Phi) is 3.17. The van der Waals surface area contributed by atoms with E-state index in [9.17, 15) is 14.7 Å². The highest BCUT2D eigenvalue weighted by Gasteiger charge is 2.32. The van der Waals surface area contributed by atoms with E-state index in [1.807, 2.05) is 6.07 Å². The fraction of sp³-hybridized carbons (Fsp3) is 0.188. The van der Waals surface area contributed by atoms with Crippen molar-refractivity contribution < 1.29 is 19.4 Å². The Bertz CT molecular complexity index is 725. The van der Waals surface area contributed by atoms with Crippen molar-refractivity contribution in [2.24, 2.45) is 0 Å². The Balaban J connectivity index is 2.20. The Labute approximate surface area is 121 Å². The molecule has 1 aliphatic rings. The molecule has 0 amide bonds. The van der Waals surface area contributed by atoms with Crippen molar-refractivity contribution in [3.8, 4) is 11.5 Å². The Morgan fingerprint density at radius 1 is 1.38 bits per heavy atom. The van der Waals surface area contributed by atoms with Crippen LogP contribution in [0, 0.1) is 0 Å². The fourth-order valence-electron chi connectivity index (χ4n) is 2.60. The number of fused-ring (bicyclic) bond motifs is 1. The molecular weight excluding hydrogens is 270 g/mol. The van der Waals surface area contributed by atoms with E-state index in [2.05, 4.69) is 4.98 Å². The first-order valence-corrected chi connectivity index (χ1v) is 6.55. The molecule has 21 heavy (non-hydrogen) atoms. The van der Waals surface area contributed by atoms with Gasteiger partial charge in [-0.15, -0.1) is 0 Å². The lowest BCUT2D eigenvalue weighted by atomic mass is 9.85. The molecule has 106 valence electrons. The zero-order valence-corrected chi connectivity index (χ0v) is 11.4. The molecule has 1 N–H and O–H groups in total. The normalized spacial score (nSPS) is 17.0. The highest BCUT2D eigenvalue weighted by molar-refractivity contribution is 5.98. The van der Waals surface area contributed by atoms with Gasteiger partial charge >= 0.3 is 5.97 Å². The maximum absolute atomic E-state index is 11.7. The SMILES string of the molecule is CC(=O)c1ccc2c(c1O)[C@@H](c1cccnc1)CC(=O)O2. The highest BCUT2D eigenvalue weighted by Crippen LogP contribution is 2.44. The number of aromatic nitrogens is 1. The number of aromatic hydroxyl groups is 1. The summed E-state index contributed by atoms with van der Waals surface area (Å²) in [6.45, 7) is 1.38. The summed E-state index contributed by atoms with van der Waals surface area (Å²) in [5, 5.41) is 10.4. The molecule has 0 spiro atoms. The molecule has 0 aliphatic carbocycles. The Morgan fingerprint density at radius 2 is 2.19 bits per heavy atom. The van der Waals surface area contributed by atoms with Crippen LogP contribution in [0.5, 0.6) is 11.5 Å². The van der Waals surface area contributed by atoms with Crippen LogP contribution in [0.1, 0.15) is 40.7 Å². The minimum Gasteiger partial charge on any atom is -0.507 e. The van der Waals surface area contributed by atoms with Crippen LogP contribution in [0.4, 0.5) is 0 Å². The van der Waals surface area contributed by atoms with Crippen molar-refractivity contribution in [2.45, 2.75) is 19.3 Å². The van der Waals surface area contributed by atoms with Gasteiger partial charge in [-0.2, -0.15) is 0 Å². The molecule has 5 heteroatoms. The quantitative estimate of drug-likeness (QED) is 0.520. The number of ether oxygens (including phenoxy) is 1. The summed E-state index contributed by atoms with van der Waals surface area (Å²) in [6, 6.07) is 6.61. The average molecular weight is 283 g/mol. The van der Waals surface area contributed by atoms with Crippen molar-refractivity contribution in [3.63, 3.8) is 0 Å². The van der Waals surface area contributed by atoms with E-state index in [0.717, 1.165) is 5.56 Å². The van der Waals surface area contributed by atoms with Crippen molar-refractivity contribution in [1.82, 2.24) is 4.98 Å². The number of nitrogens with zero attached hydrogens (tertiary/aromatic N) is 1. The average Bonchev–Trinajstić information content (AvgIpc) is 2.47. The number of hydrogen-bond donors (Lipinski definition) is 1.